The van der Waals surface area contributed by atoms with E-state index in [-0.39, 0.29) is 17.9 Å². The Bertz CT molecular complexity index is 502. The standard InChI is InChI=1S/C14H23N5O/c1-8(2)12-11(15)13(18-17-12)14(20)16-10-7-19-5-3-9(10)4-6-19/h8-10H,3-7,15H2,1-2H3,(H,16,20)(H,17,18). The maximum absolute atomic E-state index is 12.4. The first-order chi connectivity index (χ1) is 9.56. The summed E-state index contributed by atoms with van der Waals surface area (Å²) in [5, 5.41) is 10.1. The molecule has 1 aromatic heterocycles. The van der Waals surface area contributed by atoms with E-state index in [1.807, 2.05) is 13.8 Å². The molecule has 1 atom stereocenters. The first kappa shape index (κ1) is 13.4. The van der Waals surface area contributed by atoms with Gasteiger partial charge in [-0.25, -0.2) is 0 Å². The van der Waals surface area contributed by atoms with Crippen molar-refractivity contribution in [2.75, 3.05) is 25.4 Å². The Morgan fingerprint density at radius 3 is 2.65 bits per heavy atom. The zero-order valence-electron chi connectivity index (χ0n) is 12.1. The van der Waals surface area contributed by atoms with E-state index < -0.39 is 0 Å². The minimum absolute atomic E-state index is 0.149. The van der Waals surface area contributed by atoms with Gasteiger partial charge in [0.2, 0.25) is 0 Å². The van der Waals surface area contributed by atoms with Crippen molar-refractivity contribution in [2.45, 2.75) is 38.6 Å². The molecular formula is C14H23N5O. The third kappa shape index (κ3) is 2.28. The van der Waals surface area contributed by atoms with Gasteiger partial charge in [0.05, 0.1) is 11.4 Å². The predicted molar refractivity (Wildman–Crippen MR) is 77.5 cm³/mol. The summed E-state index contributed by atoms with van der Waals surface area (Å²) in [6.07, 6.45) is 2.36. The van der Waals surface area contributed by atoms with Gasteiger partial charge in [-0.1, -0.05) is 13.8 Å². The Morgan fingerprint density at radius 1 is 1.45 bits per heavy atom. The molecule has 110 valence electrons. The molecule has 1 amide bonds. The Hall–Kier alpha value is -1.56. The van der Waals surface area contributed by atoms with Crippen LogP contribution >= 0.6 is 0 Å². The smallest absolute Gasteiger partial charge is 0.274 e. The third-order valence-corrected chi connectivity index (χ3v) is 4.60. The number of anilines is 1. The van der Waals surface area contributed by atoms with Gasteiger partial charge in [0.25, 0.3) is 5.91 Å². The van der Waals surface area contributed by atoms with Gasteiger partial charge in [0.1, 0.15) is 0 Å². The lowest BCUT2D eigenvalue weighted by Crippen LogP contribution is -2.57. The topological polar surface area (TPSA) is 87.0 Å². The molecule has 1 unspecified atom stereocenters. The number of aromatic nitrogens is 2. The van der Waals surface area contributed by atoms with Crippen molar-refractivity contribution >= 4 is 11.6 Å². The largest absolute Gasteiger partial charge is 0.395 e. The fourth-order valence-corrected chi connectivity index (χ4v) is 3.34. The SMILES string of the molecule is CC(C)c1[nH]nc(C(=O)NC2CN3CCC2CC3)c1N. The second kappa shape index (κ2) is 5.09. The lowest BCUT2D eigenvalue weighted by atomic mass is 9.84. The lowest BCUT2D eigenvalue weighted by molar-refractivity contribution is 0.0618. The Labute approximate surface area is 119 Å². The molecule has 6 heteroatoms. The molecule has 1 aromatic rings. The van der Waals surface area contributed by atoms with Crippen LogP contribution < -0.4 is 11.1 Å². The molecule has 3 saturated heterocycles. The van der Waals surface area contributed by atoms with E-state index in [2.05, 4.69) is 20.4 Å². The Kier molecular flexibility index (Phi) is 3.41. The summed E-state index contributed by atoms with van der Waals surface area (Å²) in [4.78, 5) is 14.8. The van der Waals surface area contributed by atoms with E-state index in [1.54, 1.807) is 0 Å². The van der Waals surface area contributed by atoms with Crippen molar-refractivity contribution in [3.63, 3.8) is 0 Å². The van der Waals surface area contributed by atoms with Gasteiger partial charge in [-0.2, -0.15) is 5.10 Å². The number of H-pyrrole nitrogens is 1. The molecule has 6 nitrogen and oxygen atoms in total. The van der Waals surface area contributed by atoms with Crippen LogP contribution in [0.1, 0.15) is 48.8 Å². The van der Waals surface area contributed by atoms with Crippen molar-refractivity contribution in [1.82, 2.24) is 20.4 Å². The molecule has 4 N–H and O–H groups in total. The van der Waals surface area contributed by atoms with Crippen molar-refractivity contribution < 1.29 is 4.79 Å². The van der Waals surface area contributed by atoms with E-state index in [1.165, 1.54) is 25.9 Å². The normalized spacial score (nSPS) is 28.9. The number of piperidine rings is 3. The summed E-state index contributed by atoms with van der Waals surface area (Å²) in [5.74, 6) is 0.693. The first-order valence-electron chi connectivity index (χ1n) is 7.43. The van der Waals surface area contributed by atoms with Crippen LogP contribution in [-0.4, -0.2) is 46.7 Å². The first-order valence-corrected chi connectivity index (χ1v) is 7.43. The maximum atomic E-state index is 12.4. The van der Waals surface area contributed by atoms with Gasteiger partial charge in [-0.15, -0.1) is 0 Å². The van der Waals surface area contributed by atoms with E-state index in [0.717, 1.165) is 12.2 Å². The average Bonchev–Trinajstić information content (AvgIpc) is 2.82. The van der Waals surface area contributed by atoms with Gasteiger partial charge in [0, 0.05) is 12.6 Å². The molecule has 0 aliphatic carbocycles. The van der Waals surface area contributed by atoms with Crippen LogP contribution in [0.15, 0.2) is 0 Å². The molecule has 3 fully saturated rings. The summed E-state index contributed by atoms with van der Waals surface area (Å²) in [7, 11) is 0. The molecule has 3 aliphatic rings. The molecule has 4 rings (SSSR count). The molecule has 20 heavy (non-hydrogen) atoms. The Morgan fingerprint density at radius 2 is 2.15 bits per heavy atom. The predicted octanol–water partition coefficient (Wildman–Crippen LogP) is 0.939. The lowest BCUT2D eigenvalue weighted by Gasteiger charge is -2.44. The van der Waals surface area contributed by atoms with Crippen molar-refractivity contribution in [3.8, 4) is 0 Å². The molecule has 0 spiro atoms. The van der Waals surface area contributed by atoms with E-state index in [4.69, 9.17) is 5.73 Å². The minimum atomic E-state index is -0.149. The average molecular weight is 277 g/mol. The number of rotatable bonds is 3. The summed E-state index contributed by atoms with van der Waals surface area (Å²) in [6.45, 7) is 7.34. The monoisotopic (exact) mass is 277 g/mol. The molecule has 0 aromatic carbocycles. The van der Waals surface area contributed by atoms with Gasteiger partial charge >= 0.3 is 0 Å². The van der Waals surface area contributed by atoms with Crippen LogP contribution in [-0.2, 0) is 0 Å². The Balaban J connectivity index is 1.70. The maximum Gasteiger partial charge on any atom is 0.274 e. The second-order valence-corrected chi connectivity index (χ2v) is 6.27. The molecule has 3 aliphatic heterocycles. The van der Waals surface area contributed by atoms with E-state index in [0.29, 0.717) is 17.3 Å². The molecular weight excluding hydrogens is 254 g/mol. The van der Waals surface area contributed by atoms with Crippen molar-refractivity contribution in [2.24, 2.45) is 5.92 Å². The zero-order chi connectivity index (χ0) is 14.3. The van der Waals surface area contributed by atoms with Gasteiger partial charge < -0.3 is 16.0 Å². The number of nitrogens with two attached hydrogens (primary N) is 1. The minimum Gasteiger partial charge on any atom is -0.395 e. The fraction of sp³-hybridized carbons (Fsp3) is 0.714. The van der Waals surface area contributed by atoms with Crippen LogP contribution in [0.25, 0.3) is 0 Å². The van der Waals surface area contributed by atoms with Crippen LogP contribution in [0.3, 0.4) is 0 Å². The molecule has 0 saturated carbocycles. The highest BCUT2D eigenvalue weighted by Crippen LogP contribution is 2.28. The van der Waals surface area contributed by atoms with Crippen LogP contribution in [0.4, 0.5) is 5.69 Å². The van der Waals surface area contributed by atoms with Crippen LogP contribution in [0.2, 0.25) is 0 Å². The van der Waals surface area contributed by atoms with Crippen molar-refractivity contribution in [1.29, 1.82) is 0 Å². The highest BCUT2D eigenvalue weighted by molar-refractivity contribution is 5.97. The highest BCUT2D eigenvalue weighted by atomic mass is 16.2. The van der Waals surface area contributed by atoms with E-state index >= 15 is 0 Å². The van der Waals surface area contributed by atoms with Gasteiger partial charge in [0.15, 0.2) is 5.69 Å². The molecule has 0 radical (unpaired) electrons. The van der Waals surface area contributed by atoms with Crippen molar-refractivity contribution in [3.05, 3.63) is 11.4 Å². The molecule has 4 heterocycles. The van der Waals surface area contributed by atoms with E-state index in [9.17, 15) is 4.79 Å². The summed E-state index contributed by atoms with van der Waals surface area (Å²) >= 11 is 0. The van der Waals surface area contributed by atoms with Gasteiger partial charge in [-0.3, -0.25) is 9.89 Å². The number of nitrogens with one attached hydrogen (secondary N) is 2. The zero-order valence-corrected chi connectivity index (χ0v) is 12.1. The number of aromatic amines is 1. The number of carbonyl (C=O) groups excluding carboxylic acids is 1. The number of hydrogen-bond acceptors (Lipinski definition) is 4. The summed E-state index contributed by atoms with van der Waals surface area (Å²) < 4.78 is 0. The second-order valence-electron chi connectivity index (χ2n) is 6.27. The number of nitrogens with zero attached hydrogens (tertiary/aromatic N) is 2. The summed E-state index contributed by atoms with van der Waals surface area (Å²) in [5.41, 5.74) is 7.68. The van der Waals surface area contributed by atoms with Gasteiger partial charge in [-0.05, 0) is 37.8 Å². The molecule has 2 bridgehead atoms. The number of fused-ring (bicyclic) bond motifs is 3. The highest BCUT2D eigenvalue weighted by Gasteiger charge is 2.35. The van der Waals surface area contributed by atoms with Crippen LogP contribution in [0.5, 0.6) is 0 Å². The quantitative estimate of drug-likeness (QED) is 0.767. The number of nitrogen functional groups attached to an aromatic ring is 1. The fourth-order valence-electron chi connectivity index (χ4n) is 3.34. The number of hydrogen-bond donors (Lipinski definition) is 3. The number of amides is 1. The van der Waals surface area contributed by atoms with Crippen LogP contribution in [0, 0.1) is 5.92 Å². The summed E-state index contributed by atoms with van der Waals surface area (Å²) in [6, 6.07) is 0.239. The number of carbonyl (C=O) groups is 1. The third-order valence-electron chi connectivity index (χ3n) is 4.60.